The lowest BCUT2D eigenvalue weighted by Crippen LogP contribution is -2.49. The Kier molecular flexibility index (Phi) is 7.47. The number of benzene rings is 1. The minimum atomic E-state index is -0.537. The van der Waals surface area contributed by atoms with Gasteiger partial charge in [0.25, 0.3) is 0 Å². The van der Waals surface area contributed by atoms with E-state index in [0.717, 1.165) is 31.4 Å². The number of ether oxygens (including phenoxy) is 3. The minimum Gasteiger partial charge on any atom is -0.489 e. The molecule has 1 atom stereocenters. The Morgan fingerprint density at radius 1 is 1.33 bits per heavy atom. The van der Waals surface area contributed by atoms with Gasteiger partial charge in [-0.1, -0.05) is 6.07 Å². The SMILES string of the molecule is COCCOc1cccc(C=O)c1N1CCCC(NC(=O)OC(C)(C)C)C1. The highest BCUT2D eigenvalue weighted by atomic mass is 16.6. The van der Waals surface area contributed by atoms with Crippen LogP contribution in [0.4, 0.5) is 10.5 Å². The zero-order valence-corrected chi connectivity index (χ0v) is 16.6. The van der Waals surface area contributed by atoms with Crippen molar-refractivity contribution in [1.82, 2.24) is 5.32 Å². The van der Waals surface area contributed by atoms with Crippen molar-refractivity contribution in [3.8, 4) is 5.75 Å². The molecule has 1 N–H and O–H groups in total. The number of piperidine rings is 1. The van der Waals surface area contributed by atoms with Gasteiger partial charge < -0.3 is 24.4 Å². The molecular weight excluding hydrogens is 348 g/mol. The number of methoxy groups -OCH3 is 1. The molecule has 1 saturated heterocycles. The van der Waals surface area contributed by atoms with E-state index in [1.54, 1.807) is 19.2 Å². The number of hydrogen-bond acceptors (Lipinski definition) is 6. The summed E-state index contributed by atoms with van der Waals surface area (Å²) in [7, 11) is 1.61. The lowest BCUT2D eigenvalue weighted by Gasteiger charge is -2.36. The molecule has 0 radical (unpaired) electrons. The number of nitrogens with zero attached hydrogens (tertiary/aromatic N) is 1. The molecule has 2 rings (SSSR count). The van der Waals surface area contributed by atoms with Gasteiger partial charge in [-0.05, 0) is 45.7 Å². The van der Waals surface area contributed by atoms with E-state index >= 15 is 0 Å². The predicted octanol–water partition coefficient (Wildman–Crippen LogP) is 3.02. The van der Waals surface area contributed by atoms with Gasteiger partial charge >= 0.3 is 6.09 Å². The molecule has 0 aromatic heterocycles. The first-order valence-corrected chi connectivity index (χ1v) is 9.28. The van der Waals surface area contributed by atoms with Gasteiger partial charge in [0.2, 0.25) is 0 Å². The third-order valence-electron chi connectivity index (χ3n) is 4.16. The van der Waals surface area contributed by atoms with Crippen molar-refractivity contribution in [3.05, 3.63) is 23.8 Å². The number of carbonyl (C=O) groups is 2. The zero-order chi connectivity index (χ0) is 19.9. The summed E-state index contributed by atoms with van der Waals surface area (Å²) >= 11 is 0. The highest BCUT2D eigenvalue weighted by molar-refractivity contribution is 5.87. The van der Waals surface area contributed by atoms with Crippen molar-refractivity contribution < 1.29 is 23.8 Å². The van der Waals surface area contributed by atoms with E-state index in [-0.39, 0.29) is 6.04 Å². The van der Waals surface area contributed by atoms with Gasteiger partial charge in [0.1, 0.15) is 18.0 Å². The first kappa shape index (κ1) is 21.0. The van der Waals surface area contributed by atoms with Crippen molar-refractivity contribution in [2.24, 2.45) is 0 Å². The largest absolute Gasteiger partial charge is 0.489 e. The highest BCUT2D eigenvalue weighted by Crippen LogP contribution is 2.33. The molecule has 1 heterocycles. The maximum atomic E-state index is 12.1. The number of rotatable bonds is 7. The molecular formula is C20H30N2O5. The molecule has 1 aromatic rings. The summed E-state index contributed by atoms with van der Waals surface area (Å²) in [5.74, 6) is 0.648. The van der Waals surface area contributed by atoms with Crippen LogP contribution in [0.5, 0.6) is 5.75 Å². The first-order valence-electron chi connectivity index (χ1n) is 9.28. The summed E-state index contributed by atoms with van der Waals surface area (Å²) in [4.78, 5) is 25.8. The van der Waals surface area contributed by atoms with Crippen LogP contribution >= 0.6 is 0 Å². The van der Waals surface area contributed by atoms with Gasteiger partial charge in [-0.3, -0.25) is 4.79 Å². The second kappa shape index (κ2) is 9.60. The third-order valence-corrected chi connectivity index (χ3v) is 4.16. The fourth-order valence-corrected chi connectivity index (χ4v) is 3.10. The number of para-hydroxylation sites is 1. The van der Waals surface area contributed by atoms with Crippen LogP contribution in [0, 0.1) is 0 Å². The topological polar surface area (TPSA) is 77.1 Å². The number of aldehydes is 1. The van der Waals surface area contributed by atoms with E-state index in [1.165, 1.54) is 0 Å². The summed E-state index contributed by atoms with van der Waals surface area (Å²) in [6.07, 6.45) is 2.17. The van der Waals surface area contributed by atoms with E-state index in [4.69, 9.17) is 14.2 Å². The average molecular weight is 378 g/mol. The molecule has 0 aliphatic carbocycles. The zero-order valence-electron chi connectivity index (χ0n) is 16.6. The fraction of sp³-hybridized carbons (Fsp3) is 0.600. The summed E-state index contributed by atoms with van der Waals surface area (Å²) in [6.45, 7) is 7.76. The molecule has 0 saturated carbocycles. The molecule has 27 heavy (non-hydrogen) atoms. The van der Waals surface area contributed by atoms with Gasteiger partial charge in [0, 0.05) is 31.8 Å². The van der Waals surface area contributed by atoms with Crippen LogP contribution in [0.25, 0.3) is 0 Å². The highest BCUT2D eigenvalue weighted by Gasteiger charge is 2.27. The van der Waals surface area contributed by atoms with Crippen LogP contribution in [0.15, 0.2) is 18.2 Å². The lowest BCUT2D eigenvalue weighted by molar-refractivity contribution is 0.0499. The van der Waals surface area contributed by atoms with Gasteiger partial charge in [0.15, 0.2) is 6.29 Å². The molecule has 7 heteroatoms. The second-order valence-electron chi connectivity index (χ2n) is 7.58. The summed E-state index contributed by atoms with van der Waals surface area (Å²) in [5.41, 5.74) is 0.799. The van der Waals surface area contributed by atoms with Crippen LogP contribution in [0.2, 0.25) is 0 Å². The van der Waals surface area contributed by atoms with Crippen molar-refractivity contribution >= 4 is 18.1 Å². The second-order valence-corrected chi connectivity index (χ2v) is 7.58. The number of carbonyl (C=O) groups excluding carboxylic acids is 2. The molecule has 1 aliphatic rings. The van der Waals surface area contributed by atoms with Crippen LogP contribution in [0.1, 0.15) is 44.0 Å². The monoisotopic (exact) mass is 378 g/mol. The summed E-state index contributed by atoms with van der Waals surface area (Å²) in [5, 5.41) is 2.93. The standard InChI is InChI=1S/C20H30N2O5/c1-20(2,3)27-19(24)21-16-8-6-10-22(13-16)18-15(14-23)7-5-9-17(18)26-12-11-25-4/h5,7,9,14,16H,6,8,10-13H2,1-4H3,(H,21,24). The molecule has 1 unspecified atom stereocenters. The molecule has 0 spiro atoms. The minimum absolute atomic E-state index is 0.0554. The van der Waals surface area contributed by atoms with Gasteiger partial charge in [0.05, 0.1) is 12.3 Å². The number of hydrogen-bond donors (Lipinski definition) is 1. The van der Waals surface area contributed by atoms with Crippen LogP contribution in [0.3, 0.4) is 0 Å². The maximum absolute atomic E-state index is 12.1. The van der Waals surface area contributed by atoms with E-state index in [0.29, 0.717) is 31.1 Å². The van der Waals surface area contributed by atoms with Crippen LogP contribution in [-0.4, -0.2) is 57.4 Å². The van der Waals surface area contributed by atoms with Crippen molar-refractivity contribution in [2.75, 3.05) is 38.3 Å². The number of anilines is 1. The molecule has 1 aliphatic heterocycles. The van der Waals surface area contributed by atoms with Crippen molar-refractivity contribution in [1.29, 1.82) is 0 Å². The molecule has 1 fully saturated rings. The van der Waals surface area contributed by atoms with Crippen LogP contribution in [-0.2, 0) is 9.47 Å². The maximum Gasteiger partial charge on any atom is 0.407 e. The first-order chi connectivity index (χ1) is 12.8. The Hall–Kier alpha value is -2.28. The average Bonchev–Trinajstić information content (AvgIpc) is 2.60. The Labute approximate surface area is 161 Å². The van der Waals surface area contributed by atoms with Gasteiger partial charge in [-0.15, -0.1) is 0 Å². The number of nitrogens with one attached hydrogen (secondary N) is 1. The Morgan fingerprint density at radius 3 is 2.78 bits per heavy atom. The normalized spacial score (nSPS) is 17.3. The van der Waals surface area contributed by atoms with E-state index in [1.807, 2.05) is 26.8 Å². The van der Waals surface area contributed by atoms with E-state index in [9.17, 15) is 9.59 Å². The fourth-order valence-electron chi connectivity index (χ4n) is 3.10. The van der Waals surface area contributed by atoms with E-state index < -0.39 is 11.7 Å². The lowest BCUT2D eigenvalue weighted by atomic mass is 10.0. The Bertz CT molecular complexity index is 642. The van der Waals surface area contributed by atoms with Crippen molar-refractivity contribution in [2.45, 2.75) is 45.3 Å². The molecule has 1 amide bonds. The van der Waals surface area contributed by atoms with Gasteiger partial charge in [-0.25, -0.2) is 4.79 Å². The number of alkyl carbamates (subject to hydrolysis) is 1. The molecule has 7 nitrogen and oxygen atoms in total. The Morgan fingerprint density at radius 2 is 2.11 bits per heavy atom. The third kappa shape index (κ3) is 6.43. The number of amides is 1. The Balaban J connectivity index is 2.12. The van der Waals surface area contributed by atoms with Crippen LogP contribution < -0.4 is 15.0 Å². The predicted molar refractivity (Wildman–Crippen MR) is 104 cm³/mol. The smallest absolute Gasteiger partial charge is 0.407 e. The molecule has 0 bridgehead atoms. The molecule has 1 aromatic carbocycles. The summed E-state index contributed by atoms with van der Waals surface area (Å²) in [6, 6.07) is 5.37. The quantitative estimate of drug-likeness (QED) is 0.581. The summed E-state index contributed by atoms with van der Waals surface area (Å²) < 4.78 is 16.2. The van der Waals surface area contributed by atoms with E-state index in [2.05, 4.69) is 10.2 Å². The van der Waals surface area contributed by atoms with Gasteiger partial charge in [-0.2, -0.15) is 0 Å². The molecule has 150 valence electrons. The van der Waals surface area contributed by atoms with Crippen molar-refractivity contribution in [3.63, 3.8) is 0 Å².